The maximum Gasteiger partial charge on any atom is 0.335 e. The molecule has 7 heteroatoms. The Balaban J connectivity index is 1.63. The summed E-state index contributed by atoms with van der Waals surface area (Å²) < 4.78 is 5.75. The first-order valence-corrected chi connectivity index (χ1v) is 8.53. The molecule has 6 nitrogen and oxygen atoms in total. The second-order valence-electron chi connectivity index (χ2n) is 5.73. The lowest BCUT2D eigenvalue weighted by Crippen LogP contribution is -2.23. The van der Waals surface area contributed by atoms with Crippen molar-refractivity contribution in [3.05, 3.63) is 77.6 Å². The van der Waals surface area contributed by atoms with Gasteiger partial charge in [-0.25, -0.2) is 4.79 Å². The van der Waals surface area contributed by atoms with E-state index in [0.717, 1.165) is 16.8 Å². The van der Waals surface area contributed by atoms with E-state index < -0.39 is 5.97 Å². The molecule has 3 aromatic rings. The third-order valence-electron chi connectivity index (χ3n) is 3.76. The lowest BCUT2D eigenvalue weighted by Gasteiger charge is -2.05. The van der Waals surface area contributed by atoms with Crippen molar-refractivity contribution in [3.8, 4) is 11.3 Å². The van der Waals surface area contributed by atoms with Crippen LogP contribution in [0.2, 0.25) is 0 Å². The molecule has 27 heavy (non-hydrogen) atoms. The molecule has 0 atom stereocenters. The molecule has 0 bridgehead atoms. The molecule has 0 saturated heterocycles. The fourth-order valence-corrected chi connectivity index (χ4v) is 2.65. The smallest absolute Gasteiger partial charge is 0.335 e. The van der Waals surface area contributed by atoms with Gasteiger partial charge in [0.25, 0.3) is 0 Å². The summed E-state index contributed by atoms with van der Waals surface area (Å²) in [5.74, 6) is 0.223. The van der Waals surface area contributed by atoms with Crippen LogP contribution in [-0.2, 0) is 0 Å². The summed E-state index contributed by atoms with van der Waals surface area (Å²) in [6, 6.07) is 18.0. The van der Waals surface area contributed by atoms with E-state index in [1.807, 2.05) is 43.3 Å². The molecule has 0 aliphatic heterocycles. The van der Waals surface area contributed by atoms with E-state index >= 15 is 0 Å². The first-order valence-electron chi connectivity index (χ1n) is 8.12. The monoisotopic (exact) mass is 379 g/mol. The zero-order valence-electron chi connectivity index (χ0n) is 14.5. The molecular formula is C20H17N3O3S. The Morgan fingerprint density at radius 2 is 1.93 bits per heavy atom. The Morgan fingerprint density at radius 3 is 2.63 bits per heavy atom. The molecular weight excluding hydrogens is 362 g/mol. The van der Waals surface area contributed by atoms with Crippen molar-refractivity contribution >= 4 is 35.2 Å². The molecule has 136 valence electrons. The predicted molar refractivity (Wildman–Crippen MR) is 109 cm³/mol. The number of carboxylic acid groups (broad SMARTS) is 1. The Labute approximate surface area is 161 Å². The normalized spacial score (nSPS) is 10.7. The molecule has 0 amide bonds. The minimum absolute atomic E-state index is 0.244. The summed E-state index contributed by atoms with van der Waals surface area (Å²) in [5, 5.41) is 16.5. The van der Waals surface area contributed by atoms with Gasteiger partial charge >= 0.3 is 5.97 Å². The second-order valence-corrected chi connectivity index (χ2v) is 6.14. The van der Waals surface area contributed by atoms with Crippen LogP contribution in [0.4, 0.5) is 5.69 Å². The summed E-state index contributed by atoms with van der Waals surface area (Å²) >= 11 is 5.17. The molecule has 0 spiro atoms. The van der Waals surface area contributed by atoms with E-state index in [4.69, 9.17) is 21.7 Å². The van der Waals surface area contributed by atoms with Crippen molar-refractivity contribution in [2.75, 3.05) is 5.32 Å². The number of rotatable bonds is 5. The minimum Gasteiger partial charge on any atom is -0.478 e. The van der Waals surface area contributed by atoms with Gasteiger partial charge < -0.3 is 14.8 Å². The van der Waals surface area contributed by atoms with Crippen molar-refractivity contribution in [1.82, 2.24) is 5.43 Å². The molecule has 0 saturated carbocycles. The summed E-state index contributed by atoms with van der Waals surface area (Å²) in [5.41, 5.74) is 5.48. The van der Waals surface area contributed by atoms with Crippen LogP contribution < -0.4 is 10.7 Å². The van der Waals surface area contributed by atoms with Gasteiger partial charge in [0, 0.05) is 11.3 Å². The summed E-state index contributed by atoms with van der Waals surface area (Å²) in [6.07, 6.45) is 1.52. The fourth-order valence-electron chi connectivity index (χ4n) is 2.48. The van der Waals surface area contributed by atoms with Crippen molar-refractivity contribution in [1.29, 1.82) is 0 Å². The first-order chi connectivity index (χ1) is 13.0. The Bertz CT molecular complexity index is 997. The summed E-state index contributed by atoms with van der Waals surface area (Å²) in [4.78, 5) is 11.0. The highest BCUT2D eigenvalue weighted by Gasteiger charge is 2.10. The van der Waals surface area contributed by atoms with Crippen LogP contribution >= 0.6 is 12.2 Å². The largest absolute Gasteiger partial charge is 0.478 e. The van der Waals surface area contributed by atoms with E-state index in [1.54, 1.807) is 24.3 Å². The number of furan rings is 1. The van der Waals surface area contributed by atoms with Gasteiger partial charge in [-0.15, -0.1) is 0 Å². The third kappa shape index (κ3) is 4.80. The average Bonchev–Trinajstić information content (AvgIpc) is 3.11. The highest BCUT2D eigenvalue weighted by Crippen LogP contribution is 2.26. The number of carbonyl (C=O) groups is 1. The van der Waals surface area contributed by atoms with Gasteiger partial charge in [0.1, 0.15) is 11.5 Å². The maximum absolute atomic E-state index is 11.0. The standard InChI is InChI=1S/C20H17N3O3S/c1-13-11-14(19(24)25)7-9-17(13)18-10-8-16(26-18)12-21-23-20(27)22-15-5-3-2-4-6-15/h2-12H,1H3,(H,24,25)(H2,22,23,27)/b21-12+. The second kappa shape index (κ2) is 8.29. The molecule has 2 aromatic carbocycles. The predicted octanol–water partition coefficient (Wildman–Crippen LogP) is 4.27. The SMILES string of the molecule is Cc1cc(C(=O)O)ccc1-c1ccc(/C=N/NC(=S)Nc2ccccc2)o1. The summed E-state index contributed by atoms with van der Waals surface area (Å²) in [6.45, 7) is 1.84. The number of anilines is 1. The van der Waals surface area contributed by atoms with Gasteiger partial charge in [-0.2, -0.15) is 5.10 Å². The lowest BCUT2D eigenvalue weighted by molar-refractivity contribution is 0.0697. The van der Waals surface area contributed by atoms with Gasteiger partial charge in [-0.3, -0.25) is 5.43 Å². The first kappa shape index (κ1) is 18.3. The summed E-state index contributed by atoms with van der Waals surface area (Å²) in [7, 11) is 0. The van der Waals surface area contributed by atoms with Crippen molar-refractivity contribution in [3.63, 3.8) is 0 Å². The van der Waals surface area contributed by atoms with Crippen LogP contribution in [0.3, 0.4) is 0 Å². The fraction of sp³-hybridized carbons (Fsp3) is 0.0500. The number of nitrogens with one attached hydrogen (secondary N) is 2. The average molecular weight is 379 g/mol. The number of benzene rings is 2. The topological polar surface area (TPSA) is 86.9 Å². The number of hydrogen-bond acceptors (Lipinski definition) is 4. The zero-order chi connectivity index (χ0) is 19.2. The van der Waals surface area contributed by atoms with Crippen LogP contribution in [0.1, 0.15) is 21.7 Å². The Hall–Kier alpha value is -3.45. The Morgan fingerprint density at radius 1 is 1.15 bits per heavy atom. The lowest BCUT2D eigenvalue weighted by atomic mass is 10.0. The van der Waals surface area contributed by atoms with Gasteiger partial charge in [0.2, 0.25) is 0 Å². The Kier molecular flexibility index (Phi) is 5.63. The molecule has 0 aliphatic rings. The van der Waals surface area contributed by atoms with Crippen LogP contribution in [-0.4, -0.2) is 22.4 Å². The quantitative estimate of drug-likeness (QED) is 0.349. The van der Waals surface area contributed by atoms with Gasteiger partial charge in [0.05, 0.1) is 11.8 Å². The van der Waals surface area contributed by atoms with Crippen molar-refractivity contribution in [2.45, 2.75) is 6.92 Å². The number of aryl methyl sites for hydroxylation is 1. The van der Waals surface area contributed by atoms with E-state index in [-0.39, 0.29) is 5.56 Å². The number of aromatic carboxylic acids is 1. The van der Waals surface area contributed by atoms with Crippen LogP contribution in [0.15, 0.2) is 70.2 Å². The highest BCUT2D eigenvalue weighted by atomic mass is 32.1. The van der Waals surface area contributed by atoms with Crippen LogP contribution in [0.5, 0.6) is 0 Å². The number of nitrogens with zero attached hydrogens (tertiary/aromatic N) is 1. The zero-order valence-corrected chi connectivity index (χ0v) is 15.3. The number of carboxylic acids is 1. The molecule has 3 rings (SSSR count). The third-order valence-corrected chi connectivity index (χ3v) is 3.95. The maximum atomic E-state index is 11.0. The number of hydrogen-bond donors (Lipinski definition) is 3. The van der Waals surface area contributed by atoms with E-state index in [9.17, 15) is 4.79 Å². The van der Waals surface area contributed by atoms with Crippen LogP contribution in [0, 0.1) is 6.92 Å². The molecule has 0 radical (unpaired) electrons. The molecule has 0 unspecified atom stereocenters. The van der Waals surface area contributed by atoms with Gasteiger partial charge in [-0.1, -0.05) is 24.3 Å². The number of thiocarbonyl (C=S) groups is 1. The molecule has 3 N–H and O–H groups in total. The van der Waals surface area contributed by atoms with Gasteiger partial charge in [-0.05, 0) is 61.1 Å². The van der Waals surface area contributed by atoms with Crippen LogP contribution in [0.25, 0.3) is 11.3 Å². The molecule has 0 fully saturated rings. The number of hydrazone groups is 1. The van der Waals surface area contributed by atoms with Gasteiger partial charge in [0.15, 0.2) is 5.11 Å². The van der Waals surface area contributed by atoms with Crippen molar-refractivity contribution < 1.29 is 14.3 Å². The highest BCUT2D eigenvalue weighted by molar-refractivity contribution is 7.80. The minimum atomic E-state index is -0.955. The molecule has 1 heterocycles. The molecule has 0 aliphatic carbocycles. The molecule has 1 aromatic heterocycles. The van der Waals surface area contributed by atoms with E-state index in [1.165, 1.54) is 6.21 Å². The number of para-hydroxylation sites is 1. The van der Waals surface area contributed by atoms with E-state index in [0.29, 0.717) is 16.6 Å². The van der Waals surface area contributed by atoms with E-state index in [2.05, 4.69) is 15.8 Å². The van der Waals surface area contributed by atoms with Crippen molar-refractivity contribution in [2.24, 2.45) is 5.10 Å².